The average Bonchev–Trinajstić information content (AvgIpc) is 2.79. The number of carbonyl (C=O) groups excluding carboxylic acids is 1. The van der Waals surface area contributed by atoms with Crippen molar-refractivity contribution in [2.24, 2.45) is 0 Å². The molecular formula is C13H15N3O4. The molecule has 0 aliphatic heterocycles. The molecule has 7 heteroatoms. The third-order valence-corrected chi connectivity index (χ3v) is 2.95. The highest BCUT2D eigenvalue weighted by Gasteiger charge is 2.20. The zero-order valence-electron chi connectivity index (χ0n) is 11.2. The Labute approximate surface area is 115 Å². The molecule has 0 spiro atoms. The second-order valence-electron chi connectivity index (χ2n) is 4.50. The Bertz CT molecular complexity index is 650. The van der Waals surface area contributed by atoms with Crippen LogP contribution in [0.15, 0.2) is 16.8 Å². The molecule has 1 unspecified atom stereocenters. The molecule has 0 radical (unpaired) electrons. The van der Waals surface area contributed by atoms with Crippen LogP contribution in [-0.2, 0) is 4.79 Å². The molecule has 2 rings (SSSR count). The first kappa shape index (κ1) is 14.0. The normalized spacial score (nSPS) is 12.3. The quantitative estimate of drug-likeness (QED) is 0.858. The van der Waals surface area contributed by atoms with Crippen molar-refractivity contribution in [2.75, 3.05) is 0 Å². The second kappa shape index (κ2) is 5.68. The number of pyridine rings is 1. The summed E-state index contributed by atoms with van der Waals surface area (Å²) in [6, 6.07) is 0.695. The van der Waals surface area contributed by atoms with Gasteiger partial charge in [-0.05, 0) is 19.4 Å². The molecule has 1 amide bonds. The third kappa shape index (κ3) is 2.76. The largest absolute Gasteiger partial charge is 0.480 e. The molecular weight excluding hydrogens is 262 g/mol. The van der Waals surface area contributed by atoms with Crippen LogP contribution in [0.3, 0.4) is 0 Å². The molecule has 2 aromatic rings. The summed E-state index contributed by atoms with van der Waals surface area (Å²) >= 11 is 0. The number of aryl methyl sites for hydroxylation is 1. The van der Waals surface area contributed by atoms with E-state index in [4.69, 9.17) is 9.63 Å². The average molecular weight is 277 g/mol. The lowest BCUT2D eigenvalue weighted by Gasteiger charge is -2.13. The van der Waals surface area contributed by atoms with Crippen molar-refractivity contribution in [2.45, 2.75) is 32.7 Å². The van der Waals surface area contributed by atoms with Gasteiger partial charge in [0.05, 0.1) is 16.6 Å². The molecule has 0 bridgehead atoms. The molecule has 7 nitrogen and oxygen atoms in total. The molecule has 2 heterocycles. The predicted molar refractivity (Wildman–Crippen MR) is 70.3 cm³/mol. The van der Waals surface area contributed by atoms with Crippen LogP contribution in [0.4, 0.5) is 0 Å². The fraction of sp³-hybridized carbons (Fsp3) is 0.385. The van der Waals surface area contributed by atoms with Crippen molar-refractivity contribution < 1.29 is 19.2 Å². The number of carboxylic acids is 1. The number of carboxylic acid groups (broad SMARTS) is 1. The zero-order valence-corrected chi connectivity index (χ0v) is 11.2. The van der Waals surface area contributed by atoms with E-state index in [9.17, 15) is 9.59 Å². The van der Waals surface area contributed by atoms with Crippen LogP contribution < -0.4 is 5.32 Å². The minimum absolute atomic E-state index is 0.283. The van der Waals surface area contributed by atoms with Gasteiger partial charge in [-0.1, -0.05) is 18.5 Å². The van der Waals surface area contributed by atoms with Crippen molar-refractivity contribution >= 4 is 23.0 Å². The summed E-state index contributed by atoms with van der Waals surface area (Å²) in [5, 5.41) is 15.9. The van der Waals surface area contributed by atoms with Crippen LogP contribution >= 0.6 is 0 Å². The first-order chi connectivity index (χ1) is 9.52. The summed E-state index contributed by atoms with van der Waals surface area (Å²) in [4.78, 5) is 27.1. The second-order valence-corrected chi connectivity index (χ2v) is 4.50. The molecule has 2 aromatic heterocycles. The van der Waals surface area contributed by atoms with E-state index in [-0.39, 0.29) is 5.56 Å². The van der Waals surface area contributed by atoms with Gasteiger partial charge in [-0.3, -0.25) is 4.79 Å². The fourth-order valence-electron chi connectivity index (χ4n) is 1.86. The molecule has 2 N–H and O–H groups in total. The van der Waals surface area contributed by atoms with E-state index in [2.05, 4.69) is 15.5 Å². The third-order valence-electron chi connectivity index (χ3n) is 2.95. The summed E-state index contributed by atoms with van der Waals surface area (Å²) in [6.07, 6.45) is 2.38. The number of hydrogen-bond acceptors (Lipinski definition) is 5. The van der Waals surface area contributed by atoms with Gasteiger partial charge in [-0.25, -0.2) is 9.78 Å². The maximum atomic E-state index is 12.0. The van der Waals surface area contributed by atoms with Crippen molar-refractivity contribution in [1.29, 1.82) is 0 Å². The van der Waals surface area contributed by atoms with Crippen molar-refractivity contribution in [3.05, 3.63) is 23.5 Å². The summed E-state index contributed by atoms with van der Waals surface area (Å²) in [7, 11) is 0. The molecule has 0 aliphatic carbocycles. The first-order valence-corrected chi connectivity index (χ1v) is 6.28. The number of nitrogens with zero attached hydrogens (tertiary/aromatic N) is 2. The minimum atomic E-state index is -1.05. The molecule has 0 saturated carbocycles. The predicted octanol–water partition coefficient (Wildman–Crippen LogP) is 1.51. The van der Waals surface area contributed by atoms with E-state index in [0.29, 0.717) is 29.6 Å². The Hall–Kier alpha value is -2.44. The lowest BCUT2D eigenvalue weighted by Crippen LogP contribution is -2.40. The van der Waals surface area contributed by atoms with Crippen molar-refractivity contribution in [3.8, 4) is 0 Å². The number of amides is 1. The molecule has 20 heavy (non-hydrogen) atoms. The van der Waals surface area contributed by atoms with Crippen LogP contribution in [0.25, 0.3) is 11.1 Å². The summed E-state index contributed by atoms with van der Waals surface area (Å²) in [6.45, 7) is 3.60. The number of aromatic nitrogens is 2. The van der Waals surface area contributed by atoms with E-state index in [0.717, 1.165) is 0 Å². The molecule has 0 aliphatic rings. The summed E-state index contributed by atoms with van der Waals surface area (Å²) < 4.78 is 4.95. The van der Waals surface area contributed by atoms with Crippen LogP contribution in [0.2, 0.25) is 0 Å². The van der Waals surface area contributed by atoms with E-state index in [1.807, 2.05) is 6.92 Å². The maximum Gasteiger partial charge on any atom is 0.326 e. The number of nitrogens with one attached hydrogen (secondary N) is 1. The van der Waals surface area contributed by atoms with Crippen LogP contribution in [-0.4, -0.2) is 33.2 Å². The molecule has 106 valence electrons. The van der Waals surface area contributed by atoms with E-state index >= 15 is 0 Å². The minimum Gasteiger partial charge on any atom is -0.480 e. The number of hydrogen-bond donors (Lipinski definition) is 2. The van der Waals surface area contributed by atoms with Gasteiger partial charge in [0.15, 0.2) is 0 Å². The lowest BCUT2D eigenvalue weighted by molar-refractivity contribution is -0.139. The number of carbonyl (C=O) groups is 2. The Morgan fingerprint density at radius 2 is 2.25 bits per heavy atom. The van der Waals surface area contributed by atoms with Crippen molar-refractivity contribution in [1.82, 2.24) is 15.5 Å². The van der Waals surface area contributed by atoms with Gasteiger partial charge in [-0.2, -0.15) is 0 Å². The SMILES string of the molecule is CCCC(NC(=O)c1cnc2onc(C)c2c1)C(=O)O. The van der Waals surface area contributed by atoms with Crippen LogP contribution in [0, 0.1) is 6.92 Å². The molecule has 0 saturated heterocycles. The van der Waals surface area contributed by atoms with Crippen LogP contribution in [0.5, 0.6) is 0 Å². The topological polar surface area (TPSA) is 105 Å². The highest BCUT2D eigenvalue weighted by molar-refractivity contribution is 5.98. The number of fused-ring (bicyclic) bond motifs is 1. The number of aliphatic carboxylic acids is 1. The zero-order chi connectivity index (χ0) is 14.7. The summed E-state index contributed by atoms with van der Waals surface area (Å²) in [5.41, 5.74) is 1.26. The van der Waals surface area contributed by atoms with E-state index < -0.39 is 17.9 Å². The summed E-state index contributed by atoms with van der Waals surface area (Å²) in [5.74, 6) is -1.52. The van der Waals surface area contributed by atoms with Crippen molar-refractivity contribution in [3.63, 3.8) is 0 Å². The highest BCUT2D eigenvalue weighted by atomic mass is 16.5. The van der Waals surface area contributed by atoms with E-state index in [1.54, 1.807) is 13.0 Å². The Balaban J connectivity index is 2.22. The van der Waals surface area contributed by atoms with Gasteiger partial charge >= 0.3 is 5.97 Å². The lowest BCUT2D eigenvalue weighted by atomic mass is 10.1. The first-order valence-electron chi connectivity index (χ1n) is 6.28. The Kier molecular flexibility index (Phi) is 3.97. The van der Waals surface area contributed by atoms with Gasteiger partial charge < -0.3 is 14.9 Å². The van der Waals surface area contributed by atoms with Crippen LogP contribution in [0.1, 0.15) is 35.8 Å². The highest BCUT2D eigenvalue weighted by Crippen LogP contribution is 2.16. The molecule has 0 fully saturated rings. The molecule has 0 aromatic carbocycles. The Morgan fingerprint density at radius 3 is 2.90 bits per heavy atom. The van der Waals surface area contributed by atoms with Gasteiger partial charge in [-0.15, -0.1) is 0 Å². The van der Waals surface area contributed by atoms with Gasteiger partial charge in [0.2, 0.25) is 0 Å². The fourth-order valence-corrected chi connectivity index (χ4v) is 1.86. The molecule has 1 atom stereocenters. The smallest absolute Gasteiger partial charge is 0.326 e. The van der Waals surface area contributed by atoms with E-state index in [1.165, 1.54) is 6.20 Å². The number of rotatable bonds is 5. The van der Waals surface area contributed by atoms with Gasteiger partial charge in [0, 0.05) is 6.20 Å². The monoisotopic (exact) mass is 277 g/mol. The standard InChI is InChI=1S/C13H15N3O4/c1-3-4-10(13(18)19)15-11(17)8-5-9-7(2)16-20-12(9)14-6-8/h5-6,10H,3-4H2,1-2H3,(H,15,17)(H,18,19). The Morgan fingerprint density at radius 1 is 1.50 bits per heavy atom. The maximum absolute atomic E-state index is 12.0. The van der Waals surface area contributed by atoms with Gasteiger partial charge in [0.1, 0.15) is 6.04 Å². The van der Waals surface area contributed by atoms with Gasteiger partial charge in [0.25, 0.3) is 11.6 Å².